The molecule has 2 rings (SSSR count). The average molecular weight is 397 g/mol. The van der Waals surface area contributed by atoms with Crippen molar-refractivity contribution in [1.29, 1.82) is 0 Å². The summed E-state index contributed by atoms with van der Waals surface area (Å²) in [7, 11) is -2.53. The molecule has 1 atom stereocenters. The van der Waals surface area contributed by atoms with Gasteiger partial charge in [0.1, 0.15) is 11.6 Å². The number of carbonyl (C=O) groups excluding carboxylic acids is 1. The largest absolute Gasteiger partial charge is 0.468 e. The maximum absolute atomic E-state index is 14.1. The summed E-state index contributed by atoms with van der Waals surface area (Å²) in [5, 5.41) is 2.68. The van der Waals surface area contributed by atoms with Crippen molar-refractivity contribution in [1.82, 2.24) is 14.9 Å². The molecular weight excluding hydrogens is 373 g/mol. The molecule has 1 heterocycles. The summed E-state index contributed by atoms with van der Waals surface area (Å²) in [5.74, 6) is -0.796. The summed E-state index contributed by atoms with van der Waals surface area (Å²) in [6.45, 7) is 5.65. The topological polar surface area (TPSA) is 91.7 Å². The van der Waals surface area contributed by atoms with Crippen LogP contribution in [0.4, 0.5) is 4.39 Å². The number of amides is 1. The van der Waals surface area contributed by atoms with Crippen molar-refractivity contribution in [3.8, 4) is 0 Å². The smallest absolute Gasteiger partial charge is 0.254 e. The van der Waals surface area contributed by atoms with Crippen LogP contribution in [0.1, 0.15) is 36.0 Å². The molecule has 0 aliphatic carbocycles. The van der Waals surface area contributed by atoms with Crippen molar-refractivity contribution < 1.29 is 22.0 Å². The van der Waals surface area contributed by atoms with Crippen LogP contribution in [0.3, 0.4) is 0 Å². The zero-order chi connectivity index (χ0) is 20.0. The molecule has 1 amide bonds. The van der Waals surface area contributed by atoms with Crippen molar-refractivity contribution in [2.24, 2.45) is 0 Å². The van der Waals surface area contributed by atoms with E-state index in [0.29, 0.717) is 5.76 Å². The predicted octanol–water partition coefficient (Wildman–Crippen LogP) is 2.14. The number of benzene rings is 1. The number of likely N-dealkylation sites (N-methyl/N-ethyl adjacent to an activating group) is 1. The maximum atomic E-state index is 14.1. The van der Waals surface area contributed by atoms with Crippen LogP contribution in [0, 0.1) is 5.82 Å². The molecule has 0 aliphatic heterocycles. The van der Waals surface area contributed by atoms with Gasteiger partial charge in [-0.05, 0) is 50.5 Å². The van der Waals surface area contributed by atoms with Gasteiger partial charge in [0, 0.05) is 6.54 Å². The normalized spacial score (nSPS) is 12.9. The van der Waals surface area contributed by atoms with E-state index in [0.717, 1.165) is 31.3 Å². The van der Waals surface area contributed by atoms with Crippen LogP contribution >= 0.6 is 0 Å². The number of sulfonamides is 1. The molecule has 0 aliphatic rings. The molecule has 27 heavy (non-hydrogen) atoms. The summed E-state index contributed by atoms with van der Waals surface area (Å²) in [4.78, 5) is 14.4. The van der Waals surface area contributed by atoms with Crippen molar-refractivity contribution >= 4 is 15.9 Å². The summed E-state index contributed by atoms with van der Waals surface area (Å²) < 4.78 is 45.5. The lowest BCUT2D eigenvalue weighted by molar-refractivity contribution is 0.0925. The Morgan fingerprint density at radius 3 is 2.52 bits per heavy atom. The highest BCUT2D eigenvalue weighted by molar-refractivity contribution is 7.89. The Balaban J connectivity index is 2.22. The Hall–Kier alpha value is -2.23. The zero-order valence-electron chi connectivity index (χ0n) is 15.5. The quantitative estimate of drug-likeness (QED) is 0.676. The molecule has 9 heteroatoms. The minimum atomic E-state index is -3.78. The number of rotatable bonds is 9. The van der Waals surface area contributed by atoms with Gasteiger partial charge >= 0.3 is 0 Å². The van der Waals surface area contributed by atoms with Gasteiger partial charge < -0.3 is 9.73 Å². The fourth-order valence-electron chi connectivity index (χ4n) is 2.80. The van der Waals surface area contributed by atoms with Crippen LogP contribution in [0.25, 0.3) is 0 Å². The molecule has 2 N–H and O–H groups in total. The average Bonchev–Trinajstić information content (AvgIpc) is 3.19. The minimum absolute atomic E-state index is 0.178. The second-order valence-corrected chi connectivity index (χ2v) is 7.70. The Labute approximate surface area is 158 Å². The third-order valence-electron chi connectivity index (χ3n) is 4.34. The SMILES string of the molecule is CCN(CC)C(CNC(=O)c1cc(S(=O)(=O)NC)ccc1F)c1ccco1. The molecule has 0 saturated carbocycles. The maximum Gasteiger partial charge on any atom is 0.254 e. The molecule has 1 aromatic heterocycles. The predicted molar refractivity (Wildman–Crippen MR) is 99.3 cm³/mol. The Morgan fingerprint density at radius 1 is 1.26 bits per heavy atom. The molecule has 0 bridgehead atoms. The number of halogens is 1. The van der Waals surface area contributed by atoms with Crippen molar-refractivity contribution in [2.75, 3.05) is 26.7 Å². The van der Waals surface area contributed by atoms with Gasteiger partial charge in [0.05, 0.1) is 22.8 Å². The second kappa shape index (κ2) is 9.12. The number of hydrogen-bond acceptors (Lipinski definition) is 5. The molecule has 0 spiro atoms. The van der Waals surface area contributed by atoms with Gasteiger partial charge in [-0.15, -0.1) is 0 Å². The minimum Gasteiger partial charge on any atom is -0.468 e. The number of nitrogens with one attached hydrogen (secondary N) is 2. The highest BCUT2D eigenvalue weighted by atomic mass is 32.2. The fraction of sp³-hybridized carbons (Fsp3) is 0.389. The Bertz CT molecular complexity index is 865. The summed E-state index contributed by atoms with van der Waals surface area (Å²) in [6.07, 6.45) is 1.55. The third kappa shape index (κ3) is 4.94. The first-order valence-corrected chi connectivity index (χ1v) is 10.1. The number of furan rings is 1. The fourth-order valence-corrected chi connectivity index (χ4v) is 3.56. The third-order valence-corrected chi connectivity index (χ3v) is 5.75. The molecule has 0 fully saturated rings. The number of carbonyl (C=O) groups is 1. The van der Waals surface area contributed by atoms with Crippen LogP contribution in [0.15, 0.2) is 45.9 Å². The lowest BCUT2D eigenvalue weighted by Crippen LogP contribution is -2.38. The van der Waals surface area contributed by atoms with Gasteiger partial charge in [-0.25, -0.2) is 17.5 Å². The van der Waals surface area contributed by atoms with E-state index in [1.807, 2.05) is 19.9 Å². The van der Waals surface area contributed by atoms with Gasteiger partial charge in [-0.2, -0.15) is 0 Å². The van der Waals surface area contributed by atoms with Gasteiger partial charge in [0.25, 0.3) is 5.91 Å². The molecule has 1 aromatic carbocycles. The van der Waals surface area contributed by atoms with E-state index in [1.165, 1.54) is 7.05 Å². The first-order chi connectivity index (χ1) is 12.8. The Kier molecular flexibility index (Phi) is 7.11. The van der Waals surface area contributed by atoms with E-state index in [9.17, 15) is 17.6 Å². The molecule has 0 radical (unpaired) electrons. The lowest BCUT2D eigenvalue weighted by Gasteiger charge is -2.28. The van der Waals surface area contributed by atoms with E-state index in [1.54, 1.807) is 12.3 Å². The van der Waals surface area contributed by atoms with Gasteiger partial charge in [-0.3, -0.25) is 9.69 Å². The molecule has 0 saturated heterocycles. The van der Waals surface area contributed by atoms with Crippen LogP contribution < -0.4 is 10.0 Å². The standard InChI is InChI=1S/C18H24FN3O4S/c1-4-22(5-2)16(17-7-6-10-26-17)12-21-18(23)14-11-13(8-9-15(14)19)27(24,25)20-3/h6-11,16,20H,4-5,12H2,1-3H3,(H,21,23). The number of hydrogen-bond donors (Lipinski definition) is 2. The van der Waals surface area contributed by atoms with Crippen molar-refractivity contribution in [3.63, 3.8) is 0 Å². The van der Waals surface area contributed by atoms with Gasteiger partial charge in [-0.1, -0.05) is 13.8 Å². The van der Waals surface area contributed by atoms with Gasteiger partial charge in [0.15, 0.2) is 0 Å². The highest BCUT2D eigenvalue weighted by Gasteiger charge is 2.23. The first-order valence-electron chi connectivity index (χ1n) is 8.62. The highest BCUT2D eigenvalue weighted by Crippen LogP contribution is 2.21. The second-order valence-electron chi connectivity index (χ2n) is 5.81. The van der Waals surface area contributed by atoms with Crippen LogP contribution in [-0.4, -0.2) is 45.9 Å². The monoisotopic (exact) mass is 397 g/mol. The van der Waals surface area contributed by atoms with E-state index in [-0.39, 0.29) is 23.0 Å². The Morgan fingerprint density at radius 2 is 1.96 bits per heavy atom. The van der Waals surface area contributed by atoms with E-state index < -0.39 is 21.7 Å². The zero-order valence-corrected chi connectivity index (χ0v) is 16.3. The van der Waals surface area contributed by atoms with Crippen LogP contribution in [0.2, 0.25) is 0 Å². The van der Waals surface area contributed by atoms with Crippen molar-refractivity contribution in [2.45, 2.75) is 24.8 Å². The van der Waals surface area contributed by atoms with Gasteiger partial charge in [0.2, 0.25) is 10.0 Å². The molecule has 7 nitrogen and oxygen atoms in total. The van der Waals surface area contributed by atoms with Crippen LogP contribution in [0.5, 0.6) is 0 Å². The summed E-state index contributed by atoms with van der Waals surface area (Å²) >= 11 is 0. The molecular formula is C18H24FN3O4S. The lowest BCUT2D eigenvalue weighted by atomic mass is 10.1. The van der Waals surface area contributed by atoms with E-state index in [4.69, 9.17) is 4.42 Å². The molecule has 1 unspecified atom stereocenters. The van der Waals surface area contributed by atoms with E-state index >= 15 is 0 Å². The summed E-state index contributed by atoms with van der Waals surface area (Å²) in [6, 6.07) is 6.46. The number of nitrogens with zero attached hydrogens (tertiary/aromatic N) is 1. The molecule has 148 valence electrons. The first kappa shape index (κ1) is 21.1. The molecule has 2 aromatic rings. The van der Waals surface area contributed by atoms with E-state index in [2.05, 4.69) is 14.9 Å². The van der Waals surface area contributed by atoms with Crippen molar-refractivity contribution in [3.05, 3.63) is 53.7 Å². The van der Waals surface area contributed by atoms with Crippen LogP contribution in [-0.2, 0) is 10.0 Å². The summed E-state index contributed by atoms with van der Waals surface area (Å²) in [5.41, 5.74) is -0.330.